The van der Waals surface area contributed by atoms with Gasteiger partial charge in [-0.3, -0.25) is 0 Å². The molecule has 16 heavy (non-hydrogen) atoms. The summed E-state index contributed by atoms with van der Waals surface area (Å²) in [5.74, 6) is 0.933. The molecule has 0 bridgehead atoms. The number of aromatic nitrogens is 2. The van der Waals surface area contributed by atoms with Crippen molar-refractivity contribution in [2.24, 2.45) is 5.73 Å². The lowest BCUT2D eigenvalue weighted by Gasteiger charge is -2.12. The summed E-state index contributed by atoms with van der Waals surface area (Å²) in [4.78, 5) is 4.23. The zero-order valence-electron chi connectivity index (χ0n) is 9.77. The third-order valence-electron chi connectivity index (χ3n) is 2.96. The molecule has 2 rings (SSSR count). The first-order chi connectivity index (χ1) is 7.72. The van der Waals surface area contributed by atoms with E-state index in [4.69, 9.17) is 5.73 Å². The maximum absolute atomic E-state index is 5.64. The molecule has 0 amide bonds. The molecule has 0 fully saturated rings. The summed E-state index contributed by atoms with van der Waals surface area (Å²) in [6.07, 6.45) is 3.78. The summed E-state index contributed by atoms with van der Waals surface area (Å²) in [5, 5.41) is 0. The van der Waals surface area contributed by atoms with Crippen molar-refractivity contribution in [3.05, 3.63) is 53.1 Å². The lowest BCUT2D eigenvalue weighted by atomic mass is 10.0. The maximum atomic E-state index is 5.64. The minimum Gasteiger partial charge on any atom is -0.329 e. The van der Waals surface area contributed by atoms with Gasteiger partial charge in [0.25, 0.3) is 0 Å². The highest BCUT2D eigenvalue weighted by Gasteiger charge is 2.05. The molecule has 0 saturated heterocycles. The minimum atomic E-state index is 0.484. The average molecular weight is 215 g/mol. The van der Waals surface area contributed by atoms with Crippen molar-refractivity contribution < 1.29 is 0 Å². The van der Waals surface area contributed by atoms with Crippen LogP contribution in [0.25, 0.3) is 0 Å². The lowest BCUT2D eigenvalue weighted by molar-refractivity contribution is 0.718. The molecule has 0 spiro atoms. The molecule has 0 saturated carbocycles. The third-order valence-corrected chi connectivity index (χ3v) is 2.96. The molecule has 0 aliphatic carbocycles. The van der Waals surface area contributed by atoms with Crippen molar-refractivity contribution in [1.29, 1.82) is 0 Å². The van der Waals surface area contributed by atoms with E-state index in [1.165, 1.54) is 16.7 Å². The number of hydrogen-bond acceptors (Lipinski definition) is 2. The van der Waals surface area contributed by atoms with Gasteiger partial charge in [-0.25, -0.2) is 4.98 Å². The third kappa shape index (κ3) is 1.99. The molecule has 0 unspecified atom stereocenters. The SMILES string of the molecule is Cc1cccc(C)c1Cn1ccnc1CN. The highest BCUT2D eigenvalue weighted by Crippen LogP contribution is 2.15. The number of rotatable bonds is 3. The fourth-order valence-electron chi connectivity index (χ4n) is 1.94. The molecule has 0 aliphatic rings. The smallest absolute Gasteiger partial charge is 0.122 e. The van der Waals surface area contributed by atoms with Crippen molar-refractivity contribution in [2.45, 2.75) is 26.9 Å². The molecule has 3 heteroatoms. The molecule has 1 heterocycles. The summed E-state index contributed by atoms with van der Waals surface area (Å²) in [6, 6.07) is 6.37. The Morgan fingerprint density at radius 3 is 2.56 bits per heavy atom. The van der Waals surface area contributed by atoms with Gasteiger partial charge < -0.3 is 10.3 Å². The molecule has 1 aromatic carbocycles. The van der Waals surface area contributed by atoms with Gasteiger partial charge in [-0.15, -0.1) is 0 Å². The van der Waals surface area contributed by atoms with Crippen LogP contribution in [-0.2, 0) is 13.1 Å². The van der Waals surface area contributed by atoms with Gasteiger partial charge in [0, 0.05) is 18.9 Å². The first kappa shape index (κ1) is 10.9. The maximum Gasteiger partial charge on any atom is 0.122 e. The monoisotopic (exact) mass is 215 g/mol. The zero-order valence-corrected chi connectivity index (χ0v) is 9.77. The predicted octanol–water partition coefficient (Wildman–Crippen LogP) is 2.01. The molecular weight excluding hydrogens is 198 g/mol. The number of nitrogens with zero attached hydrogens (tertiary/aromatic N) is 2. The van der Waals surface area contributed by atoms with Crippen molar-refractivity contribution in [1.82, 2.24) is 9.55 Å². The highest BCUT2D eigenvalue weighted by molar-refractivity contribution is 5.33. The van der Waals surface area contributed by atoms with Gasteiger partial charge >= 0.3 is 0 Å². The van der Waals surface area contributed by atoms with Crippen molar-refractivity contribution in [3.63, 3.8) is 0 Å². The van der Waals surface area contributed by atoms with Crippen LogP contribution in [0.15, 0.2) is 30.6 Å². The summed E-state index contributed by atoms with van der Waals surface area (Å²) < 4.78 is 2.11. The Hall–Kier alpha value is -1.61. The Labute approximate surface area is 95.9 Å². The fourth-order valence-corrected chi connectivity index (χ4v) is 1.94. The van der Waals surface area contributed by atoms with E-state index in [0.717, 1.165) is 12.4 Å². The quantitative estimate of drug-likeness (QED) is 0.851. The number of benzene rings is 1. The second kappa shape index (κ2) is 4.49. The molecule has 0 aliphatic heterocycles. The van der Waals surface area contributed by atoms with Gasteiger partial charge in [-0.2, -0.15) is 0 Å². The molecule has 0 radical (unpaired) electrons. The summed E-state index contributed by atoms with van der Waals surface area (Å²) in [6.45, 7) is 5.62. The van der Waals surface area contributed by atoms with Gasteiger partial charge in [0.1, 0.15) is 5.82 Å². The summed E-state index contributed by atoms with van der Waals surface area (Å²) >= 11 is 0. The van der Waals surface area contributed by atoms with E-state index in [1.807, 2.05) is 6.20 Å². The predicted molar refractivity (Wildman–Crippen MR) is 65.1 cm³/mol. The number of hydrogen-bond donors (Lipinski definition) is 1. The summed E-state index contributed by atoms with van der Waals surface area (Å²) in [5.41, 5.74) is 9.63. The van der Waals surface area contributed by atoms with Gasteiger partial charge in [0.15, 0.2) is 0 Å². The fraction of sp³-hybridized carbons (Fsp3) is 0.308. The van der Waals surface area contributed by atoms with E-state index in [0.29, 0.717) is 6.54 Å². The summed E-state index contributed by atoms with van der Waals surface area (Å²) in [7, 11) is 0. The zero-order chi connectivity index (χ0) is 11.5. The first-order valence-corrected chi connectivity index (χ1v) is 5.47. The molecule has 2 N–H and O–H groups in total. The van der Waals surface area contributed by atoms with E-state index in [2.05, 4.69) is 41.6 Å². The molecule has 3 nitrogen and oxygen atoms in total. The largest absolute Gasteiger partial charge is 0.329 e. The molecule has 84 valence electrons. The Morgan fingerprint density at radius 1 is 1.25 bits per heavy atom. The van der Waals surface area contributed by atoms with E-state index in [1.54, 1.807) is 6.20 Å². The average Bonchev–Trinajstić information content (AvgIpc) is 2.71. The first-order valence-electron chi connectivity index (χ1n) is 5.47. The topological polar surface area (TPSA) is 43.8 Å². The molecule has 1 aromatic heterocycles. The Balaban J connectivity index is 2.34. The van der Waals surface area contributed by atoms with Crippen LogP contribution in [0.1, 0.15) is 22.5 Å². The van der Waals surface area contributed by atoms with E-state index in [9.17, 15) is 0 Å². The number of aryl methyl sites for hydroxylation is 2. The molecular formula is C13H17N3. The van der Waals surface area contributed by atoms with E-state index in [-0.39, 0.29) is 0 Å². The van der Waals surface area contributed by atoms with Crippen molar-refractivity contribution >= 4 is 0 Å². The van der Waals surface area contributed by atoms with Crippen LogP contribution < -0.4 is 5.73 Å². The van der Waals surface area contributed by atoms with Crippen molar-refractivity contribution in [2.75, 3.05) is 0 Å². The van der Waals surface area contributed by atoms with Crippen LogP contribution in [0.2, 0.25) is 0 Å². The van der Waals surface area contributed by atoms with Crippen LogP contribution in [-0.4, -0.2) is 9.55 Å². The van der Waals surface area contributed by atoms with Gasteiger partial charge in [-0.1, -0.05) is 18.2 Å². The highest BCUT2D eigenvalue weighted by atomic mass is 15.1. The van der Waals surface area contributed by atoms with Crippen LogP contribution in [0.4, 0.5) is 0 Å². The van der Waals surface area contributed by atoms with Crippen LogP contribution >= 0.6 is 0 Å². The molecule has 2 aromatic rings. The lowest BCUT2D eigenvalue weighted by Crippen LogP contribution is -2.10. The minimum absolute atomic E-state index is 0.484. The number of imidazole rings is 1. The van der Waals surface area contributed by atoms with Gasteiger partial charge in [0.2, 0.25) is 0 Å². The molecule has 0 atom stereocenters. The Bertz CT molecular complexity index is 465. The number of nitrogens with two attached hydrogens (primary N) is 1. The normalized spacial score (nSPS) is 10.7. The van der Waals surface area contributed by atoms with Gasteiger partial charge in [-0.05, 0) is 30.5 Å². The second-order valence-corrected chi connectivity index (χ2v) is 4.05. The van der Waals surface area contributed by atoms with Crippen LogP contribution in [0, 0.1) is 13.8 Å². The van der Waals surface area contributed by atoms with E-state index < -0.39 is 0 Å². The van der Waals surface area contributed by atoms with Crippen LogP contribution in [0.5, 0.6) is 0 Å². The van der Waals surface area contributed by atoms with E-state index >= 15 is 0 Å². The standard InChI is InChI=1S/C13H17N3/c1-10-4-3-5-11(2)12(10)9-16-7-6-15-13(16)8-14/h3-7H,8-9,14H2,1-2H3. The van der Waals surface area contributed by atoms with Gasteiger partial charge in [0.05, 0.1) is 6.54 Å². The second-order valence-electron chi connectivity index (χ2n) is 4.05. The van der Waals surface area contributed by atoms with Crippen molar-refractivity contribution in [3.8, 4) is 0 Å². The van der Waals surface area contributed by atoms with Crippen LogP contribution in [0.3, 0.4) is 0 Å². The Morgan fingerprint density at radius 2 is 1.94 bits per heavy atom. The Kier molecular flexibility index (Phi) is 3.06.